The second kappa shape index (κ2) is 5.23. The average Bonchev–Trinajstić information content (AvgIpc) is 3.16. The Morgan fingerprint density at radius 2 is 2.06 bits per heavy atom. The van der Waals surface area contributed by atoms with Crippen LogP contribution in [0.2, 0.25) is 0 Å². The van der Waals surface area contributed by atoms with Gasteiger partial charge in [-0.2, -0.15) is 0 Å². The number of benzene rings is 1. The molecule has 1 amide bonds. The maximum atomic E-state index is 11.6. The second-order valence-corrected chi connectivity index (χ2v) is 4.88. The summed E-state index contributed by atoms with van der Waals surface area (Å²) in [6.07, 6.45) is 5.23. The van der Waals surface area contributed by atoms with Crippen LogP contribution in [0.5, 0.6) is 0 Å². The minimum Gasteiger partial charge on any atom is -0.399 e. The Labute approximate surface area is 107 Å². The molecular weight excluding hydrogens is 228 g/mol. The normalized spacial score (nSPS) is 16.7. The molecule has 1 aromatic carbocycles. The topological polar surface area (TPSA) is 75.4 Å². The van der Waals surface area contributed by atoms with Gasteiger partial charge in [0, 0.05) is 23.7 Å². The molecule has 4 N–H and O–H groups in total. The third-order valence-corrected chi connectivity index (χ3v) is 3.29. The predicted octanol–water partition coefficient (Wildman–Crippen LogP) is 1.17. The molecule has 1 aromatic rings. The lowest BCUT2D eigenvalue weighted by Crippen LogP contribution is -2.30. The van der Waals surface area contributed by atoms with Crippen LogP contribution in [0.25, 0.3) is 6.08 Å². The molecule has 0 atom stereocenters. The molecule has 0 radical (unpaired) electrons. The minimum atomic E-state index is -0.133. The number of carbonyl (C=O) groups excluding carboxylic acids is 1. The third-order valence-electron chi connectivity index (χ3n) is 3.29. The highest BCUT2D eigenvalue weighted by molar-refractivity contribution is 5.91. The van der Waals surface area contributed by atoms with Gasteiger partial charge in [-0.15, -0.1) is 0 Å². The summed E-state index contributed by atoms with van der Waals surface area (Å²) in [4.78, 5) is 11.6. The van der Waals surface area contributed by atoms with E-state index < -0.39 is 0 Å². The maximum Gasteiger partial charge on any atom is 0.244 e. The monoisotopic (exact) mass is 246 g/mol. The molecule has 0 aromatic heterocycles. The Balaban J connectivity index is 1.81. The Morgan fingerprint density at radius 1 is 1.39 bits per heavy atom. The number of hydrogen-bond acceptors (Lipinski definition) is 3. The summed E-state index contributed by atoms with van der Waals surface area (Å²) in [5.74, 6) is -0.133. The van der Waals surface area contributed by atoms with Crippen molar-refractivity contribution in [1.82, 2.24) is 5.32 Å². The van der Waals surface area contributed by atoms with E-state index in [1.165, 1.54) is 6.08 Å². The van der Waals surface area contributed by atoms with Crippen LogP contribution in [0.4, 0.5) is 5.69 Å². The molecule has 1 saturated carbocycles. The van der Waals surface area contributed by atoms with E-state index in [1.807, 2.05) is 12.1 Å². The number of aliphatic hydroxyl groups is 1. The van der Waals surface area contributed by atoms with Crippen LogP contribution in [0.3, 0.4) is 0 Å². The SMILES string of the molecule is Nc1ccc(/C=C/C(=O)NCC2(CO)CC2)cc1. The molecule has 96 valence electrons. The number of nitrogens with one attached hydrogen (secondary N) is 1. The highest BCUT2D eigenvalue weighted by Crippen LogP contribution is 2.44. The van der Waals surface area contributed by atoms with E-state index in [9.17, 15) is 4.79 Å². The standard InChI is InChI=1S/C14H18N2O2/c15-12-4-1-11(2-5-12)3-6-13(18)16-9-14(10-17)7-8-14/h1-6,17H,7-10,15H2,(H,16,18)/b6-3+. The smallest absolute Gasteiger partial charge is 0.244 e. The third kappa shape index (κ3) is 3.34. The van der Waals surface area contributed by atoms with Crippen LogP contribution in [-0.2, 0) is 4.79 Å². The van der Waals surface area contributed by atoms with Gasteiger partial charge in [0.25, 0.3) is 0 Å². The molecule has 0 bridgehead atoms. The quantitative estimate of drug-likeness (QED) is 0.539. The zero-order chi connectivity index (χ0) is 13.0. The Bertz CT molecular complexity index is 447. The first-order valence-electron chi connectivity index (χ1n) is 6.06. The van der Waals surface area contributed by atoms with Crippen molar-refractivity contribution in [3.8, 4) is 0 Å². The van der Waals surface area contributed by atoms with E-state index in [-0.39, 0.29) is 17.9 Å². The highest BCUT2D eigenvalue weighted by atomic mass is 16.3. The van der Waals surface area contributed by atoms with E-state index in [4.69, 9.17) is 10.8 Å². The van der Waals surface area contributed by atoms with Crippen LogP contribution in [0, 0.1) is 5.41 Å². The second-order valence-electron chi connectivity index (χ2n) is 4.88. The van der Waals surface area contributed by atoms with Crippen molar-refractivity contribution in [3.05, 3.63) is 35.9 Å². The highest BCUT2D eigenvalue weighted by Gasteiger charge is 2.41. The molecule has 0 saturated heterocycles. The molecule has 1 aliphatic carbocycles. The van der Waals surface area contributed by atoms with Crippen molar-refractivity contribution in [1.29, 1.82) is 0 Å². The van der Waals surface area contributed by atoms with Gasteiger partial charge in [0.15, 0.2) is 0 Å². The van der Waals surface area contributed by atoms with E-state index in [1.54, 1.807) is 18.2 Å². The number of nitrogens with two attached hydrogens (primary N) is 1. The van der Waals surface area contributed by atoms with Crippen LogP contribution in [-0.4, -0.2) is 24.2 Å². The van der Waals surface area contributed by atoms with Crippen molar-refractivity contribution in [2.75, 3.05) is 18.9 Å². The molecule has 0 unspecified atom stereocenters. The van der Waals surface area contributed by atoms with E-state index >= 15 is 0 Å². The molecule has 1 fully saturated rings. The molecule has 2 rings (SSSR count). The van der Waals surface area contributed by atoms with Crippen molar-refractivity contribution in [2.45, 2.75) is 12.8 Å². The summed E-state index contributed by atoms with van der Waals surface area (Å²) >= 11 is 0. The largest absolute Gasteiger partial charge is 0.399 e. The Hall–Kier alpha value is -1.81. The van der Waals surface area contributed by atoms with Crippen LogP contribution in [0.1, 0.15) is 18.4 Å². The number of aliphatic hydroxyl groups excluding tert-OH is 1. The number of carbonyl (C=O) groups is 1. The van der Waals surface area contributed by atoms with Crippen LogP contribution in [0.15, 0.2) is 30.3 Å². The van der Waals surface area contributed by atoms with E-state index in [2.05, 4.69) is 5.32 Å². The van der Waals surface area contributed by atoms with Crippen LogP contribution < -0.4 is 11.1 Å². The molecule has 0 aliphatic heterocycles. The van der Waals surface area contributed by atoms with Crippen molar-refractivity contribution in [2.24, 2.45) is 5.41 Å². The lowest BCUT2D eigenvalue weighted by Gasteiger charge is -2.11. The zero-order valence-corrected chi connectivity index (χ0v) is 10.2. The summed E-state index contributed by atoms with van der Waals surface area (Å²) in [5, 5.41) is 11.9. The summed E-state index contributed by atoms with van der Waals surface area (Å²) in [6, 6.07) is 7.30. The van der Waals surface area contributed by atoms with Gasteiger partial charge >= 0.3 is 0 Å². The fourth-order valence-corrected chi connectivity index (χ4v) is 1.68. The average molecular weight is 246 g/mol. The minimum absolute atomic E-state index is 0.0509. The maximum absolute atomic E-state index is 11.6. The fourth-order valence-electron chi connectivity index (χ4n) is 1.68. The van der Waals surface area contributed by atoms with Gasteiger partial charge in [-0.25, -0.2) is 0 Å². The van der Waals surface area contributed by atoms with Gasteiger partial charge in [-0.1, -0.05) is 12.1 Å². The van der Waals surface area contributed by atoms with Gasteiger partial charge in [-0.3, -0.25) is 4.79 Å². The van der Waals surface area contributed by atoms with Gasteiger partial charge in [0.1, 0.15) is 0 Å². The number of rotatable bonds is 5. The van der Waals surface area contributed by atoms with Gasteiger partial charge in [0.05, 0.1) is 6.61 Å². The van der Waals surface area contributed by atoms with Crippen molar-refractivity contribution in [3.63, 3.8) is 0 Å². The molecular formula is C14H18N2O2. The number of hydrogen-bond donors (Lipinski definition) is 3. The van der Waals surface area contributed by atoms with E-state index in [0.717, 1.165) is 18.4 Å². The Morgan fingerprint density at radius 3 is 2.61 bits per heavy atom. The zero-order valence-electron chi connectivity index (χ0n) is 10.2. The molecule has 4 heteroatoms. The van der Waals surface area contributed by atoms with Gasteiger partial charge < -0.3 is 16.2 Å². The first-order valence-corrected chi connectivity index (χ1v) is 6.06. The number of amides is 1. The van der Waals surface area contributed by atoms with Crippen molar-refractivity contribution >= 4 is 17.7 Å². The lowest BCUT2D eigenvalue weighted by molar-refractivity contribution is -0.116. The lowest BCUT2D eigenvalue weighted by atomic mass is 10.1. The number of nitrogen functional groups attached to an aromatic ring is 1. The first kappa shape index (κ1) is 12.6. The predicted molar refractivity (Wildman–Crippen MR) is 71.7 cm³/mol. The van der Waals surface area contributed by atoms with Crippen LogP contribution >= 0.6 is 0 Å². The summed E-state index contributed by atoms with van der Waals surface area (Å²) in [7, 11) is 0. The summed E-state index contributed by atoms with van der Waals surface area (Å²) in [5.41, 5.74) is 7.16. The van der Waals surface area contributed by atoms with Crippen molar-refractivity contribution < 1.29 is 9.90 Å². The fraction of sp³-hybridized carbons (Fsp3) is 0.357. The molecule has 0 spiro atoms. The molecule has 0 heterocycles. The molecule has 18 heavy (non-hydrogen) atoms. The van der Waals surface area contributed by atoms with Gasteiger partial charge in [0.2, 0.25) is 5.91 Å². The molecule has 4 nitrogen and oxygen atoms in total. The first-order chi connectivity index (χ1) is 8.63. The van der Waals surface area contributed by atoms with Gasteiger partial charge in [-0.05, 0) is 36.6 Å². The summed E-state index contributed by atoms with van der Waals surface area (Å²) in [6.45, 7) is 0.698. The Kier molecular flexibility index (Phi) is 3.67. The van der Waals surface area contributed by atoms with E-state index in [0.29, 0.717) is 12.2 Å². The number of anilines is 1. The molecule has 1 aliphatic rings. The summed E-state index contributed by atoms with van der Waals surface area (Å²) < 4.78 is 0.